The zero-order valence-electron chi connectivity index (χ0n) is 8.73. The first kappa shape index (κ1) is 9.47. The molecule has 84 valence electrons. The summed E-state index contributed by atoms with van der Waals surface area (Å²) in [5.74, 6) is 0.768. The zero-order valence-corrected chi connectivity index (χ0v) is 8.73. The van der Waals surface area contributed by atoms with E-state index >= 15 is 0 Å². The maximum atomic E-state index is 9.61. The average Bonchev–Trinajstić information content (AvgIpc) is 2.90. The van der Waals surface area contributed by atoms with Crippen LogP contribution in [0.5, 0.6) is 11.6 Å². The molecule has 0 spiro atoms. The minimum atomic E-state index is 0.175. The van der Waals surface area contributed by atoms with Gasteiger partial charge in [-0.05, 0) is 25.1 Å². The van der Waals surface area contributed by atoms with E-state index in [9.17, 15) is 5.11 Å². The number of rotatable bonds is 2. The molecule has 2 aromatic rings. The topological polar surface area (TPSA) is 70.2 Å². The second kappa shape index (κ2) is 3.68. The van der Waals surface area contributed by atoms with Crippen molar-refractivity contribution in [3.8, 4) is 11.6 Å². The monoisotopic (exact) mass is 219 g/mol. The number of ether oxygens (including phenoxy) is 1. The zero-order chi connectivity index (χ0) is 11.0. The Bertz CT molecular complexity index is 503. The van der Waals surface area contributed by atoms with Gasteiger partial charge in [0.05, 0.1) is 5.39 Å². The lowest BCUT2D eigenvalue weighted by atomic mass is 10.2. The van der Waals surface area contributed by atoms with Crippen LogP contribution in [-0.4, -0.2) is 34.5 Å². The number of phenolic OH excluding ortho intramolecular Hbond substituents is 1. The Hall–Kier alpha value is -1.75. The second-order valence-corrected chi connectivity index (χ2v) is 3.96. The molecule has 1 saturated heterocycles. The molecule has 3 N–H and O–H groups in total. The summed E-state index contributed by atoms with van der Waals surface area (Å²) in [6.07, 6.45) is 1.17. The number of H-pyrrole nitrogens is 1. The Morgan fingerprint density at radius 1 is 1.44 bits per heavy atom. The van der Waals surface area contributed by atoms with Gasteiger partial charge in [-0.1, -0.05) is 6.07 Å². The third-order valence-electron chi connectivity index (χ3n) is 2.84. The number of hydrogen-bond acceptors (Lipinski definition) is 4. The van der Waals surface area contributed by atoms with Crippen LogP contribution in [0.15, 0.2) is 18.2 Å². The van der Waals surface area contributed by atoms with Crippen molar-refractivity contribution in [3.05, 3.63) is 18.2 Å². The van der Waals surface area contributed by atoms with Crippen LogP contribution in [0.25, 0.3) is 10.9 Å². The van der Waals surface area contributed by atoms with E-state index < -0.39 is 0 Å². The van der Waals surface area contributed by atoms with Crippen molar-refractivity contribution in [2.45, 2.75) is 12.5 Å². The van der Waals surface area contributed by atoms with Gasteiger partial charge in [0.25, 0.3) is 0 Å². The molecule has 1 fully saturated rings. The van der Waals surface area contributed by atoms with Gasteiger partial charge in [0.1, 0.15) is 17.4 Å². The van der Waals surface area contributed by atoms with Crippen molar-refractivity contribution >= 4 is 10.9 Å². The van der Waals surface area contributed by atoms with Gasteiger partial charge >= 0.3 is 0 Å². The van der Waals surface area contributed by atoms with Crippen molar-refractivity contribution in [1.82, 2.24) is 15.5 Å². The molecule has 2 heterocycles. The van der Waals surface area contributed by atoms with Gasteiger partial charge in [-0.3, -0.25) is 5.10 Å². The highest BCUT2D eigenvalue weighted by Gasteiger charge is 2.19. The number of para-hydroxylation sites is 1. The van der Waals surface area contributed by atoms with Crippen LogP contribution < -0.4 is 10.1 Å². The predicted molar refractivity (Wildman–Crippen MR) is 59.7 cm³/mol. The van der Waals surface area contributed by atoms with Crippen molar-refractivity contribution in [2.75, 3.05) is 13.1 Å². The fourth-order valence-electron chi connectivity index (χ4n) is 1.98. The maximum Gasteiger partial charge on any atom is 0.240 e. The number of aromatic amines is 1. The largest absolute Gasteiger partial charge is 0.506 e. The highest BCUT2D eigenvalue weighted by atomic mass is 16.5. The molecule has 1 aromatic carbocycles. The van der Waals surface area contributed by atoms with Gasteiger partial charge in [-0.15, -0.1) is 5.10 Å². The molecular formula is C11H13N3O2. The molecule has 0 bridgehead atoms. The smallest absolute Gasteiger partial charge is 0.240 e. The molecule has 5 heteroatoms. The summed E-state index contributed by atoms with van der Waals surface area (Å²) >= 11 is 0. The number of nitrogens with zero attached hydrogens (tertiary/aromatic N) is 1. The minimum absolute atomic E-state index is 0.175. The summed E-state index contributed by atoms with van der Waals surface area (Å²) in [7, 11) is 0. The summed E-state index contributed by atoms with van der Waals surface area (Å²) < 4.78 is 5.77. The molecule has 1 unspecified atom stereocenters. The third kappa shape index (κ3) is 1.49. The summed E-state index contributed by atoms with van der Waals surface area (Å²) in [6, 6.07) is 5.30. The highest BCUT2D eigenvalue weighted by Crippen LogP contribution is 2.29. The van der Waals surface area contributed by atoms with E-state index in [1.54, 1.807) is 12.1 Å². The molecule has 0 radical (unpaired) electrons. The number of aromatic nitrogens is 2. The van der Waals surface area contributed by atoms with E-state index in [1.807, 2.05) is 6.07 Å². The van der Waals surface area contributed by atoms with Gasteiger partial charge in [-0.2, -0.15) is 0 Å². The van der Waals surface area contributed by atoms with E-state index in [0.717, 1.165) is 24.9 Å². The number of benzene rings is 1. The Balaban J connectivity index is 1.94. The van der Waals surface area contributed by atoms with Crippen LogP contribution in [0.1, 0.15) is 6.42 Å². The van der Waals surface area contributed by atoms with E-state index in [0.29, 0.717) is 11.4 Å². The molecule has 1 aliphatic rings. The van der Waals surface area contributed by atoms with Gasteiger partial charge in [-0.25, -0.2) is 0 Å². The molecule has 1 atom stereocenters. The summed E-state index contributed by atoms with van der Waals surface area (Å²) in [4.78, 5) is 0. The Kier molecular flexibility index (Phi) is 2.18. The number of aromatic hydroxyl groups is 1. The van der Waals surface area contributed by atoms with Crippen molar-refractivity contribution in [2.24, 2.45) is 0 Å². The molecular weight excluding hydrogens is 206 g/mol. The summed E-state index contributed by atoms with van der Waals surface area (Å²) in [6.45, 7) is 1.84. The van der Waals surface area contributed by atoms with Crippen molar-refractivity contribution in [1.29, 1.82) is 0 Å². The van der Waals surface area contributed by atoms with E-state index in [1.165, 1.54) is 0 Å². The first-order valence-electron chi connectivity index (χ1n) is 5.38. The SMILES string of the molecule is Oc1cccc2c(OC3CCNC3)n[nH]c12. The van der Waals surface area contributed by atoms with Crippen LogP contribution in [0.3, 0.4) is 0 Å². The Morgan fingerprint density at radius 2 is 2.38 bits per heavy atom. The minimum Gasteiger partial charge on any atom is -0.506 e. The molecule has 0 saturated carbocycles. The predicted octanol–water partition coefficient (Wildman–Crippen LogP) is 1.01. The summed E-state index contributed by atoms with van der Waals surface area (Å²) in [5.41, 5.74) is 0.628. The number of hydrogen-bond donors (Lipinski definition) is 3. The Morgan fingerprint density at radius 3 is 3.19 bits per heavy atom. The van der Waals surface area contributed by atoms with Crippen LogP contribution in [-0.2, 0) is 0 Å². The van der Waals surface area contributed by atoms with Crippen LogP contribution in [0.4, 0.5) is 0 Å². The first-order chi connectivity index (χ1) is 7.84. The van der Waals surface area contributed by atoms with E-state index in [4.69, 9.17) is 4.74 Å². The third-order valence-corrected chi connectivity index (χ3v) is 2.84. The number of fused-ring (bicyclic) bond motifs is 1. The fourth-order valence-corrected chi connectivity index (χ4v) is 1.98. The van der Waals surface area contributed by atoms with Crippen LogP contribution >= 0.6 is 0 Å². The Labute approximate surface area is 92.4 Å². The lowest BCUT2D eigenvalue weighted by Crippen LogP contribution is -2.19. The molecule has 0 aliphatic carbocycles. The van der Waals surface area contributed by atoms with Gasteiger partial charge in [0.2, 0.25) is 5.88 Å². The van der Waals surface area contributed by atoms with Gasteiger partial charge in [0, 0.05) is 6.54 Å². The van der Waals surface area contributed by atoms with Crippen LogP contribution in [0.2, 0.25) is 0 Å². The van der Waals surface area contributed by atoms with Gasteiger partial charge in [0.15, 0.2) is 0 Å². The number of phenols is 1. The van der Waals surface area contributed by atoms with Crippen LogP contribution in [0, 0.1) is 0 Å². The van der Waals surface area contributed by atoms with Crippen molar-refractivity contribution < 1.29 is 9.84 Å². The molecule has 1 aliphatic heterocycles. The lowest BCUT2D eigenvalue weighted by molar-refractivity contribution is 0.216. The molecule has 1 aromatic heterocycles. The van der Waals surface area contributed by atoms with E-state index in [-0.39, 0.29) is 11.9 Å². The highest BCUT2D eigenvalue weighted by molar-refractivity contribution is 5.88. The van der Waals surface area contributed by atoms with Crippen molar-refractivity contribution in [3.63, 3.8) is 0 Å². The first-order valence-corrected chi connectivity index (χ1v) is 5.38. The standard InChI is InChI=1S/C11H13N3O2/c15-9-3-1-2-8-10(9)13-14-11(8)16-7-4-5-12-6-7/h1-3,7,12,15H,4-6H2,(H,13,14). The van der Waals surface area contributed by atoms with Gasteiger partial charge < -0.3 is 15.2 Å². The molecule has 16 heavy (non-hydrogen) atoms. The average molecular weight is 219 g/mol. The lowest BCUT2D eigenvalue weighted by Gasteiger charge is -2.09. The quantitative estimate of drug-likeness (QED) is 0.705. The second-order valence-electron chi connectivity index (χ2n) is 3.96. The molecule has 3 rings (SSSR count). The number of nitrogens with one attached hydrogen (secondary N) is 2. The molecule has 0 amide bonds. The molecule has 5 nitrogen and oxygen atoms in total. The maximum absolute atomic E-state index is 9.61. The normalized spacial score (nSPS) is 20.4. The fraction of sp³-hybridized carbons (Fsp3) is 0.364. The van der Waals surface area contributed by atoms with E-state index in [2.05, 4.69) is 15.5 Å². The summed E-state index contributed by atoms with van der Waals surface area (Å²) in [5, 5.41) is 20.5.